The number of methoxy groups -OCH3 is 1. The lowest BCUT2D eigenvalue weighted by Crippen LogP contribution is -2.42. The van der Waals surface area contributed by atoms with Gasteiger partial charge < -0.3 is 9.64 Å². The van der Waals surface area contributed by atoms with Crippen LogP contribution in [-0.4, -0.2) is 57.5 Å². The van der Waals surface area contributed by atoms with E-state index in [1.165, 1.54) is 0 Å². The summed E-state index contributed by atoms with van der Waals surface area (Å²) >= 11 is 6.33. The highest BCUT2D eigenvalue weighted by atomic mass is 35.5. The number of nitrogens with one attached hydrogen (secondary N) is 1. The second-order valence-electron chi connectivity index (χ2n) is 7.23. The Morgan fingerprint density at radius 1 is 1.30 bits per heavy atom. The summed E-state index contributed by atoms with van der Waals surface area (Å²) in [6, 6.07) is 3.72. The first kappa shape index (κ1) is 18.6. The molecule has 1 N–H and O–H groups in total. The maximum absolute atomic E-state index is 11.9. The van der Waals surface area contributed by atoms with Crippen molar-refractivity contribution in [3.05, 3.63) is 23.4 Å². The molecule has 0 radical (unpaired) electrons. The lowest BCUT2D eigenvalue weighted by Gasteiger charge is -2.40. The summed E-state index contributed by atoms with van der Waals surface area (Å²) in [6.07, 6.45) is 4.91. The maximum atomic E-state index is 11.9. The number of ether oxygens (including phenoxy) is 1. The Bertz CT molecular complexity index is 901. The van der Waals surface area contributed by atoms with Crippen molar-refractivity contribution in [1.82, 2.24) is 14.5 Å². The van der Waals surface area contributed by atoms with E-state index in [9.17, 15) is 4.21 Å². The standard InChI is InChI=1S/C18H22ClN5O2S/c1-26-17-9-15-13(8-14(17)19)16(10-21-22-15)23-5-2-18(3-6-23)4-7-24(11-18)27(25)12-20/h8-10,12,20H,2-7,11H2,1H3. The zero-order valence-electron chi connectivity index (χ0n) is 15.2. The largest absolute Gasteiger partial charge is 0.495 e. The zero-order chi connectivity index (χ0) is 19.0. The predicted molar refractivity (Wildman–Crippen MR) is 108 cm³/mol. The number of halogens is 1. The molecule has 1 atom stereocenters. The third kappa shape index (κ3) is 3.41. The lowest BCUT2D eigenvalue weighted by atomic mass is 9.77. The second-order valence-corrected chi connectivity index (χ2v) is 8.94. The summed E-state index contributed by atoms with van der Waals surface area (Å²) in [5.74, 6) is 0.596. The average molecular weight is 408 g/mol. The normalized spacial score (nSPS) is 20.9. The van der Waals surface area contributed by atoms with Crippen LogP contribution >= 0.6 is 11.6 Å². The molecule has 0 amide bonds. The molecule has 144 valence electrons. The van der Waals surface area contributed by atoms with Gasteiger partial charge in [-0.25, -0.2) is 8.51 Å². The Morgan fingerprint density at radius 2 is 2.04 bits per heavy atom. The van der Waals surface area contributed by atoms with Gasteiger partial charge >= 0.3 is 0 Å². The van der Waals surface area contributed by atoms with E-state index in [4.69, 9.17) is 21.7 Å². The zero-order valence-corrected chi connectivity index (χ0v) is 16.7. The first-order chi connectivity index (χ1) is 13.0. The van der Waals surface area contributed by atoms with Gasteiger partial charge in [-0.3, -0.25) is 5.41 Å². The van der Waals surface area contributed by atoms with E-state index in [0.717, 1.165) is 67.6 Å². The van der Waals surface area contributed by atoms with Crippen molar-refractivity contribution in [3.63, 3.8) is 0 Å². The Balaban J connectivity index is 1.54. The summed E-state index contributed by atoms with van der Waals surface area (Å²) < 4.78 is 19.1. The molecule has 4 rings (SSSR count). The van der Waals surface area contributed by atoms with Crippen LogP contribution in [-0.2, 0) is 11.0 Å². The Hall–Kier alpha value is -1.77. The smallest absolute Gasteiger partial charge is 0.139 e. The first-order valence-electron chi connectivity index (χ1n) is 8.95. The summed E-state index contributed by atoms with van der Waals surface area (Å²) in [7, 11) is 0.305. The van der Waals surface area contributed by atoms with E-state index in [0.29, 0.717) is 10.8 Å². The molecule has 2 saturated heterocycles. The minimum atomic E-state index is -1.28. The van der Waals surface area contributed by atoms with Crippen LogP contribution in [0, 0.1) is 10.8 Å². The third-order valence-electron chi connectivity index (χ3n) is 5.81. The second kappa shape index (κ2) is 7.33. The van der Waals surface area contributed by atoms with E-state index in [2.05, 4.69) is 15.1 Å². The van der Waals surface area contributed by atoms with Crippen molar-refractivity contribution in [2.75, 3.05) is 38.2 Å². The number of aromatic nitrogens is 2. The first-order valence-corrected chi connectivity index (χ1v) is 10.5. The minimum absolute atomic E-state index is 0.201. The number of hydrogen-bond acceptors (Lipinski definition) is 6. The molecule has 2 aliphatic heterocycles. The number of hydrogen-bond donors (Lipinski definition) is 1. The fraction of sp³-hybridized carbons (Fsp3) is 0.500. The maximum Gasteiger partial charge on any atom is 0.139 e. The van der Waals surface area contributed by atoms with Crippen molar-refractivity contribution in [1.29, 1.82) is 5.41 Å². The molecule has 2 aliphatic rings. The highest BCUT2D eigenvalue weighted by Crippen LogP contribution is 2.42. The summed E-state index contributed by atoms with van der Waals surface area (Å²) in [5, 5.41) is 17.2. The molecule has 1 aromatic carbocycles. The topological polar surface area (TPSA) is 82.4 Å². The van der Waals surface area contributed by atoms with Gasteiger partial charge in [0.1, 0.15) is 16.7 Å². The van der Waals surface area contributed by atoms with E-state index < -0.39 is 11.0 Å². The fourth-order valence-corrected chi connectivity index (χ4v) is 5.27. The van der Waals surface area contributed by atoms with Gasteiger partial charge in [0.2, 0.25) is 0 Å². The van der Waals surface area contributed by atoms with Crippen LogP contribution in [0.5, 0.6) is 5.75 Å². The molecular formula is C18H22ClN5O2S. The minimum Gasteiger partial charge on any atom is -0.495 e. The third-order valence-corrected chi connectivity index (χ3v) is 7.13. The van der Waals surface area contributed by atoms with Crippen LogP contribution in [0.1, 0.15) is 19.3 Å². The average Bonchev–Trinajstić information content (AvgIpc) is 3.11. The van der Waals surface area contributed by atoms with Gasteiger partial charge in [0.25, 0.3) is 0 Å². The van der Waals surface area contributed by atoms with Crippen molar-refractivity contribution in [3.8, 4) is 5.75 Å². The number of fused-ring (bicyclic) bond motifs is 1. The Morgan fingerprint density at radius 3 is 2.74 bits per heavy atom. The molecule has 9 heteroatoms. The SMILES string of the molecule is COc1cc2nncc(N3CCC4(CC3)CCN(S(=O)C=N)C4)c2cc1Cl. The summed E-state index contributed by atoms with van der Waals surface area (Å²) in [5.41, 5.74) is 3.03. The highest BCUT2D eigenvalue weighted by Gasteiger charge is 2.42. The molecular weight excluding hydrogens is 386 g/mol. The van der Waals surface area contributed by atoms with E-state index in [1.54, 1.807) is 13.3 Å². The highest BCUT2D eigenvalue weighted by molar-refractivity contribution is 7.96. The van der Waals surface area contributed by atoms with Crippen LogP contribution in [0.3, 0.4) is 0 Å². The van der Waals surface area contributed by atoms with E-state index in [1.807, 2.05) is 16.4 Å². The van der Waals surface area contributed by atoms with Crippen LogP contribution < -0.4 is 9.64 Å². The number of rotatable bonds is 4. The fourth-order valence-electron chi connectivity index (χ4n) is 4.21. The van der Waals surface area contributed by atoms with Crippen molar-refractivity contribution < 1.29 is 8.95 Å². The van der Waals surface area contributed by atoms with Crippen LogP contribution in [0.25, 0.3) is 10.9 Å². The van der Waals surface area contributed by atoms with E-state index in [-0.39, 0.29) is 5.41 Å². The number of benzene rings is 1. The molecule has 1 aromatic heterocycles. The molecule has 0 bridgehead atoms. The molecule has 7 nitrogen and oxygen atoms in total. The van der Waals surface area contributed by atoms with Gasteiger partial charge in [-0.05, 0) is 30.7 Å². The quantitative estimate of drug-likeness (QED) is 0.622. The number of anilines is 1. The van der Waals surface area contributed by atoms with Crippen LogP contribution in [0.15, 0.2) is 18.3 Å². The summed E-state index contributed by atoms with van der Waals surface area (Å²) in [6.45, 7) is 3.43. The molecule has 0 saturated carbocycles. The molecule has 1 spiro atoms. The Kier molecular flexibility index (Phi) is 5.05. The van der Waals surface area contributed by atoms with Crippen LogP contribution in [0.4, 0.5) is 5.69 Å². The van der Waals surface area contributed by atoms with Crippen LogP contribution in [0.2, 0.25) is 5.02 Å². The van der Waals surface area contributed by atoms with Gasteiger partial charge in [0.05, 0.1) is 35.1 Å². The van der Waals surface area contributed by atoms with Crippen molar-refractivity contribution in [2.45, 2.75) is 19.3 Å². The molecule has 2 aromatic rings. The van der Waals surface area contributed by atoms with Crippen molar-refractivity contribution in [2.24, 2.45) is 5.41 Å². The van der Waals surface area contributed by atoms with Gasteiger partial charge in [0, 0.05) is 37.6 Å². The van der Waals surface area contributed by atoms with Gasteiger partial charge in [-0.2, -0.15) is 10.2 Å². The van der Waals surface area contributed by atoms with Gasteiger partial charge in [-0.15, -0.1) is 0 Å². The molecule has 1 unspecified atom stereocenters. The number of piperidine rings is 1. The monoisotopic (exact) mass is 407 g/mol. The predicted octanol–water partition coefficient (Wildman–Crippen LogP) is 2.85. The van der Waals surface area contributed by atoms with Gasteiger partial charge in [0.15, 0.2) is 0 Å². The van der Waals surface area contributed by atoms with Crippen molar-refractivity contribution >= 4 is 44.7 Å². The van der Waals surface area contributed by atoms with E-state index >= 15 is 0 Å². The van der Waals surface area contributed by atoms with Gasteiger partial charge in [-0.1, -0.05) is 11.6 Å². The summed E-state index contributed by atoms with van der Waals surface area (Å²) in [4.78, 5) is 2.33. The molecule has 2 fully saturated rings. The lowest BCUT2D eigenvalue weighted by molar-refractivity contribution is 0.236. The molecule has 27 heavy (non-hydrogen) atoms. The Labute approximate surface area is 165 Å². The molecule has 3 heterocycles. The number of nitrogens with zero attached hydrogens (tertiary/aromatic N) is 4. The molecule has 0 aliphatic carbocycles.